The Labute approximate surface area is 121 Å². The predicted molar refractivity (Wildman–Crippen MR) is 77.9 cm³/mol. The second kappa shape index (κ2) is 6.52. The topological polar surface area (TPSA) is 29.1 Å². The highest BCUT2D eigenvalue weighted by atomic mass is 32.1. The van der Waals surface area contributed by atoms with Gasteiger partial charge in [-0.25, -0.2) is 8.78 Å². The van der Waals surface area contributed by atoms with Gasteiger partial charge in [-0.05, 0) is 24.1 Å². The predicted octanol–water partition coefficient (Wildman–Crippen LogP) is 3.44. The number of benzene rings is 2. The number of nitrogens with one attached hydrogen (secondary N) is 1. The van der Waals surface area contributed by atoms with E-state index in [1.807, 2.05) is 30.3 Å². The van der Waals surface area contributed by atoms with Crippen LogP contribution in [0.3, 0.4) is 0 Å². The highest BCUT2D eigenvalue weighted by molar-refractivity contribution is 7.81. The van der Waals surface area contributed by atoms with Crippen LogP contribution in [0, 0.1) is 11.6 Å². The zero-order chi connectivity index (χ0) is 14.5. The maximum absolute atomic E-state index is 13.4. The summed E-state index contributed by atoms with van der Waals surface area (Å²) in [6.45, 7) is 0. The molecule has 0 radical (unpaired) electrons. The minimum Gasteiger partial charge on any atom is -0.323 e. The fourth-order valence-electron chi connectivity index (χ4n) is 1.74. The molecule has 0 heterocycles. The van der Waals surface area contributed by atoms with Crippen molar-refractivity contribution in [1.82, 2.24) is 0 Å². The summed E-state index contributed by atoms with van der Waals surface area (Å²) in [5.41, 5.74) is 0.768. The van der Waals surface area contributed by atoms with Crippen molar-refractivity contribution in [1.29, 1.82) is 0 Å². The molecule has 2 nitrogen and oxygen atoms in total. The minimum absolute atomic E-state index is 0.179. The van der Waals surface area contributed by atoms with E-state index in [1.54, 1.807) is 0 Å². The minimum atomic E-state index is -0.681. The van der Waals surface area contributed by atoms with Crippen LogP contribution in [-0.4, -0.2) is 11.2 Å². The van der Waals surface area contributed by atoms with Gasteiger partial charge in [0.25, 0.3) is 0 Å². The number of carbonyl (C=O) groups excluding carboxylic acids is 1. The van der Waals surface area contributed by atoms with Crippen LogP contribution >= 0.6 is 12.6 Å². The molecule has 0 aliphatic carbocycles. The zero-order valence-corrected chi connectivity index (χ0v) is 11.4. The summed E-state index contributed by atoms with van der Waals surface area (Å²) in [4.78, 5) is 11.9. The Bertz CT molecular complexity index is 604. The van der Waals surface area contributed by atoms with E-state index in [2.05, 4.69) is 17.9 Å². The van der Waals surface area contributed by atoms with Gasteiger partial charge in [0.05, 0.1) is 10.9 Å². The van der Waals surface area contributed by atoms with Gasteiger partial charge in [0.1, 0.15) is 11.6 Å². The molecular formula is C15H13F2NOS. The summed E-state index contributed by atoms with van der Waals surface area (Å²) in [5, 5.41) is 1.70. The number of thiol groups is 1. The summed E-state index contributed by atoms with van der Waals surface area (Å²) < 4.78 is 26.4. The molecule has 104 valence electrons. The van der Waals surface area contributed by atoms with E-state index in [0.29, 0.717) is 6.42 Å². The van der Waals surface area contributed by atoms with E-state index in [4.69, 9.17) is 0 Å². The molecule has 1 atom stereocenters. The number of hydrogen-bond donors (Lipinski definition) is 2. The van der Waals surface area contributed by atoms with Gasteiger partial charge >= 0.3 is 0 Å². The standard InChI is InChI=1S/C15H13F2NOS/c16-11-6-7-12(17)13(9-11)18-15(19)14(20)8-10-4-2-1-3-5-10/h1-7,9,14,20H,8H2,(H,18,19). The lowest BCUT2D eigenvalue weighted by molar-refractivity contribution is -0.115. The fraction of sp³-hybridized carbons (Fsp3) is 0.133. The molecule has 0 saturated heterocycles. The molecule has 0 spiro atoms. The van der Waals surface area contributed by atoms with Gasteiger partial charge < -0.3 is 5.32 Å². The number of anilines is 1. The quantitative estimate of drug-likeness (QED) is 0.831. The van der Waals surface area contributed by atoms with Crippen LogP contribution in [0.25, 0.3) is 0 Å². The van der Waals surface area contributed by atoms with Gasteiger partial charge in [0, 0.05) is 6.07 Å². The average Bonchev–Trinajstić information content (AvgIpc) is 2.44. The molecule has 1 N–H and O–H groups in total. The molecule has 0 aliphatic rings. The van der Waals surface area contributed by atoms with Crippen LogP contribution in [0.2, 0.25) is 0 Å². The Balaban J connectivity index is 2.02. The number of carbonyl (C=O) groups is 1. The Hall–Kier alpha value is -1.88. The Morgan fingerprint density at radius 3 is 2.55 bits per heavy atom. The van der Waals surface area contributed by atoms with Gasteiger partial charge in [-0.2, -0.15) is 12.6 Å². The lowest BCUT2D eigenvalue weighted by Crippen LogP contribution is -2.25. The first-order chi connectivity index (χ1) is 9.56. The maximum atomic E-state index is 13.4. The maximum Gasteiger partial charge on any atom is 0.237 e. The van der Waals surface area contributed by atoms with Gasteiger partial charge in [-0.15, -0.1) is 0 Å². The summed E-state index contributed by atoms with van der Waals surface area (Å²) in [6.07, 6.45) is 0.409. The van der Waals surface area contributed by atoms with Crippen molar-refractivity contribution in [2.75, 3.05) is 5.32 Å². The molecule has 2 rings (SSSR count). The Morgan fingerprint density at radius 2 is 1.85 bits per heavy atom. The average molecular weight is 293 g/mol. The van der Waals surface area contributed by atoms with Crippen molar-refractivity contribution in [3.63, 3.8) is 0 Å². The van der Waals surface area contributed by atoms with Crippen molar-refractivity contribution in [2.24, 2.45) is 0 Å². The highest BCUT2D eigenvalue weighted by Crippen LogP contribution is 2.17. The molecule has 2 aromatic rings. The molecule has 20 heavy (non-hydrogen) atoms. The largest absolute Gasteiger partial charge is 0.323 e. The van der Waals surface area contributed by atoms with Gasteiger partial charge in [-0.1, -0.05) is 30.3 Å². The van der Waals surface area contributed by atoms with E-state index in [-0.39, 0.29) is 5.69 Å². The molecule has 0 bridgehead atoms. The van der Waals surface area contributed by atoms with Crippen LogP contribution in [0.15, 0.2) is 48.5 Å². The molecule has 0 aromatic heterocycles. The van der Waals surface area contributed by atoms with Crippen LogP contribution in [-0.2, 0) is 11.2 Å². The third kappa shape index (κ3) is 3.81. The summed E-state index contributed by atoms with van der Waals surface area (Å²) in [6, 6.07) is 12.2. The smallest absolute Gasteiger partial charge is 0.237 e. The van der Waals surface area contributed by atoms with Crippen molar-refractivity contribution >= 4 is 24.2 Å². The molecular weight excluding hydrogens is 280 g/mol. The van der Waals surface area contributed by atoms with Crippen molar-refractivity contribution in [2.45, 2.75) is 11.7 Å². The van der Waals surface area contributed by atoms with E-state index >= 15 is 0 Å². The van der Waals surface area contributed by atoms with E-state index in [1.165, 1.54) is 0 Å². The third-order valence-corrected chi connectivity index (χ3v) is 3.18. The SMILES string of the molecule is O=C(Nc1cc(F)ccc1F)C(S)Cc1ccccc1. The van der Waals surface area contributed by atoms with Gasteiger partial charge in [0.15, 0.2) is 0 Å². The first-order valence-corrected chi connectivity index (χ1v) is 6.56. The summed E-state index contributed by atoms with van der Waals surface area (Å²) in [5.74, 6) is -1.76. The Morgan fingerprint density at radius 1 is 1.15 bits per heavy atom. The lowest BCUT2D eigenvalue weighted by atomic mass is 10.1. The summed E-state index contributed by atoms with van der Waals surface area (Å²) in [7, 11) is 0. The van der Waals surface area contributed by atoms with E-state index in [9.17, 15) is 13.6 Å². The van der Waals surface area contributed by atoms with Crippen molar-refractivity contribution in [3.05, 3.63) is 65.7 Å². The van der Waals surface area contributed by atoms with E-state index in [0.717, 1.165) is 23.8 Å². The first-order valence-electron chi connectivity index (χ1n) is 6.04. The molecule has 0 aliphatic heterocycles. The van der Waals surface area contributed by atoms with Crippen LogP contribution in [0.5, 0.6) is 0 Å². The second-order valence-corrected chi connectivity index (χ2v) is 4.94. The molecule has 0 fully saturated rings. The fourth-order valence-corrected chi connectivity index (χ4v) is 2.01. The van der Waals surface area contributed by atoms with Crippen molar-refractivity contribution < 1.29 is 13.6 Å². The first kappa shape index (κ1) is 14.5. The molecule has 2 aromatic carbocycles. The van der Waals surface area contributed by atoms with Gasteiger partial charge in [0.2, 0.25) is 5.91 Å². The molecule has 0 saturated carbocycles. The number of hydrogen-bond acceptors (Lipinski definition) is 2. The third-order valence-electron chi connectivity index (χ3n) is 2.76. The second-order valence-electron chi connectivity index (χ2n) is 4.32. The number of amides is 1. The Kier molecular flexibility index (Phi) is 4.74. The lowest BCUT2D eigenvalue weighted by Gasteiger charge is -2.12. The summed E-state index contributed by atoms with van der Waals surface area (Å²) >= 11 is 4.20. The number of halogens is 2. The molecule has 1 amide bonds. The van der Waals surface area contributed by atoms with E-state index < -0.39 is 22.8 Å². The van der Waals surface area contributed by atoms with Gasteiger partial charge in [-0.3, -0.25) is 4.79 Å². The van der Waals surface area contributed by atoms with Crippen LogP contribution in [0.1, 0.15) is 5.56 Å². The monoisotopic (exact) mass is 293 g/mol. The normalized spacial score (nSPS) is 11.9. The zero-order valence-electron chi connectivity index (χ0n) is 10.5. The van der Waals surface area contributed by atoms with Crippen LogP contribution < -0.4 is 5.32 Å². The van der Waals surface area contributed by atoms with Crippen LogP contribution in [0.4, 0.5) is 14.5 Å². The highest BCUT2D eigenvalue weighted by Gasteiger charge is 2.16. The number of rotatable bonds is 4. The van der Waals surface area contributed by atoms with Crippen molar-refractivity contribution in [3.8, 4) is 0 Å². The molecule has 1 unspecified atom stereocenters. The molecule has 5 heteroatoms.